The maximum absolute atomic E-state index is 12.2. The zero-order valence-corrected chi connectivity index (χ0v) is 11.5. The zero-order chi connectivity index (χ0) is 13.8. The van der Waals surface area contributed by atoms with E-state index in [0.717, 1.165) is 24.3 Å². The molecule has 1 aromatic rings. The molecule has 5 heteroatoms. The highest BCUT2D eigenvalue weighted by Gasteiger charge is 2.23. The third-order valence-electron chi connectivity index (χ3n) is 3.52. The van der Waals surface area contributed by atoms with Crippen molar-refractivity contribution in [2.24, 2.45) is 0 Å². The topological polar surface area (TPSA) is 67.6 Å². The molecule has 1 unspecified atom stereocenters. The van der Waals surface area contributed by atoms with Gasteiger partial charge in [0, 0.05) is 24.5 Å². The van der Waals surface area contributed by atoms with Gasteiger partial charge >= 0.3 is 0 Å². The van der Waals surface area contributed by atoms with Crippen molar-refractivity contribution in [2.75, 3.05) is 37.4 Å². The van der Waals surface area contributed by atoms with Crippen molar-refractivity contribution in [2.45, 2.75) is 19.9 Å². The number of amides is 1. The summed E-state index contributed by atoms with van der Waals surface area (Å²) in [7, 11) is 0. The number of aryl methyl sites for hydroxylation is 1. The lowest BCUT2D eigenvalue weighted by Gasteiger charge is -2.31. The Kier molecular flexibility index (Phi) is 4.39. The van der Waals surface area contributed by atoms with Crippen molar-refractivity contribution >= 4 is 17.3 Å². The van der Waals surface area contributed by atoms with E-state index in [1.54, 1.807) is 6.07 Å². The molecule has 19 heavy (non-hydrogen) atoms. The first-order valence-corrected chi connectivity index (χ1v) is 6.56. The molecule has 3 N–H and O–H groups in total. The summed E-state index contributed by atoms with van der Waals surface area (Å²) >= 11 is 0. The number of carbonyl (C=O) groups is 1. The largest absolute Gasteiger partial charge is 0.398 e. The number of nitrogen functional groups attached to an aromatic ring is 1. The summed E-state index contributed by atoms with van der Waals surface area (Å²) in [6, 6.07) is 5.41. The Morgan fingerprint density at radius 1 is 1.42 bits per heavy atom. The molecule has 1 aromatic carbocycles. The Labute approximate surface area is 113 Å². The summed E-state index contributed by atoms with van der Waals surface area (Å²) in [6.07, 6.45) is 0. The number of nitrogens with two attached hydrogens (primary N) is 1. The predicted octanol–water partition coefficient (Wildman–Crippen LogP) is 1.24. The fourth-order valence-corrected chi connectivity index (χ4v) is 2.10. The number of carbonyl (C=O) groups excluding carboxylic acids is 1. The molecule has 1 atom stereocenters. The van der Waals surface area contributed by atoms with Gasteiger partial charge in [-0.2, -0.15) is 0 Å². The van der Waals surface area contributed by atoms with Crippen molar-refractivity contribution < 1.29 is 9.53 Å². The second-order valence-corrected chi connectivity index (χ2v) is 4.88. The monoisotopic (exact) mass is 263 g/mol. The highest BCUT2D eigenvalue weighted by molar-refractivity contribution is 5.95. The molecule has 5 nitrogen and oxygen atoms in total. The molecule has 1 fully saturated rings. The first-order valence-electron chi connectivity index (χ1n) is 6.56. The van der Waals surface area contributed by atoms with Crippen LogP contribution in [0.15, 0.2) is 18.2 Å². The van der Waals surface area contributed by atoms with Crippen LogP contribution in [0.2, 0.25) is 0 Å². The van der Waals surface area contributed by atoms with Gasteiger partial charge in [0.2, 0.25) is 5.91 Å². The molecule has 1 aliphatic rings. The van der Waals surface area contributed by atoms with Crippen molar-refractivity contribution in [1.82, 2.24) is 4.90 Å². The number of hydrogen-bond donors (Lipinski definition) is 2. The minimum absolute atomic E-state index is 0.00912. The maximum Gasteiger partial charge on any atom is 0.241 e. The van der Waals surface area contributed by atoms with Gasteiger partial charge in [0.15, 0.2) is 0 Å². The number of nitrogens with zero attached hydrogens (tertiary/aromatic N) is 1. The van der Waals surface area contributed by atoms with Gasteiger partial charge in [0.05, 0.1) is 19.3 Å². The van der Waals surface area contributed by atoms with Crippen LogP contribution in [0.25, 0.3) is 0 Å². The second kappa shape index (κ2) is 6.04. The molecule has 0 spiro atoms. The van der Waals surface area contributed by atoms with Crippen LogP contribution in [0.4, 0.5) is 11.4 Å². The molecule has 0 radical (unpaired) electrons. The quantitative estimate of drug-likeness (QED) is 0.805. The SMILES string of the molecule is Cc1ccc(NC(=O)C(C)N2CCOCC2)cc1N. The van der Waals surface area contributed by atoms with E-state index in [4.69, 9.17) is 10.5 Å². The van der Waals surface area contributed by atoms with E-state index in [1.807, 2.05) is 26.0 Å². The lowest BCUT2D eigenvalue weighted by atomic mass is 10.1. The van der Waals surface area contributed by atoms with E-state index in [2.05, 4.69) is 10.2 Å². The summed E-state index contributed by atoms with van der Waals surface area (Å²) in [4.78, 5) is 14.3. The minimum Gasteiger partial charge on any atom is -0.398 e. The van der Waals surface area contributed by atoms with E-state index < -0.39 is 0 Å². The number of benzene rings is 1. The number of nitrogens with one attached hydrogen (secondary N) is 1. The first kappa shape index (κ1) is 13.8. The summed E-state index contributed by atoms with van der Waals surface area (Å²) in [6.45, 7) is 6.83. The van der Waals surface area contributed by atoms with Crippen LogP contribution in [0.3, 0.4) is 0 Å². The number of ether oxygens (including phenoxy) is 1. The predicted molar refractivity (Wildman–Crippen MR) is 76.1 cm³/mol. The van der Waals surface area contributed by atoms with Crippen molar-refractivity contribution in [3.63, 3.8) is 0 Å². The van der Waals surface area contributed by atoms with E-state index in [9.17, 15) is 4.79 Å². The minimum atomic E-state index is -0.161. The highest BCUT2D eigenvalue weighted by Crippen LogP contribution is 2.17. The van der Waals surface area contributed by atoms with E-state index in [0.29, 0.717) is 18.9 Å². The van der Waals surface area contributed by atoms with Gasteiger partial charge in [-0.3, -0.25) is 9.69 Å². The molecule has 1 heterocycles. The van der Waals surface area contributed by atoms with Gasteiger partial charge in [-0.15, -0.1) is 0 Å². The Bertz CT molecular complexity index is 456. The Morgan fingerprint density at radius 2 is 2.11 bits per heavy atom. The van der Waals surface area contributed by atoms with Gasteiger partial charge in [-0.25, -0.2) is 0 Å². The lowest BCUT2D eigenvalue weighted by molar-refractivity contribution is -0.122. The standard InChI is InChI=1S/C14H21N3O2/c1-10-3-4-12(9-13(10)15)16-14(18)11(2)17-5-7-19-8-6-17/h3-4,9,11H,5-8,15H2,1-2H3,(H,16,18). The summed E-state index contributed by atoms with van der Waals surface area (Å²) in [5.74, 6) is -0.00912. The third kappa shape index (κ3) is 3.45. The van der Waals surface area contributed by atoms with Gasteiger partial charge in [-0.05, 0) is 31.5 Å². The molecule has 0 aliphatic carbocycles. The van der Waals surface area contributed by atoms with Crippen molar-refractivity contribution in [3.05, 3.63) is 23.8 Å². The number of rotatable bonds is 3. The van der Waals surface area contributed by atoms with E-state index in [-0.39, 0.29) is 11.9 Å². The van der Waals surface area contributed by atoms with Crippen LogP contribution >= 0.6 is 0 Å². The van der Waals surface area contributed by atoms with Gasteiger partial charge in [-0.1, -0.05) is 6.07 Å². The summed E-state index contributed by atoms with van der Waals surface area (Å²) in [5, 5.41) is 2.91. The fourth-order valence-electron chi connectivity index (χ4n) is 2.10. The molecule has 1 saturated heterocycles. The Morgan fingerprint density at radius 3 is 2.74 bits per heavy atom. The molecule has 1 aliphatic heterocycles. The van der Waals surface area contributed by atoms with Crippen LogP contribution in [0.1, 0.15) is 12.5 Å². The smallest absolute Gasteiger partial charge is 0.241 e. The fraction of sp³-hybridized carbons (Fsp3) is 0.500. The van der Waals surface area contributed by atoms with Crippen LogP contribution in [-0.2, 0) is 9.53 Å². The lowest BCUT2D eigenvalue weighted by Crippen LogP contribution is -2.47. The zero-order valence-electron chi connectivity index (χ0n) is 11.5. The maximum atomic E-state index is 12.2. The molecule has 0 bridgehead atoms. The van der Waals surface area contributed by atoms with Gasteiger partial charge < -0.3 is 15.8 Å². The molecule has 104 valence electrons. The van der Waals surface area contributed by atoms with Gasteiger partial charge in [0.25, 0.3) is 0 Å². The number of hydrogen-bond acceptors (Lipinski definition) is 4. The van der Waals surface area contributed by atoms with Gasteiger partial charge in [0.1, 0.15) is 0 Å². The van der Waals surface area contributed by atoms with Crippen LogP contribution < -0.4 is 11.1 Å². The highest BCUT2D eigenvalue weighted by atomic mass is 16.5. The summed E-state index contributed by atoms with van der Waals surface area (Å²) < 4.78 is 5.29. The molecule has 0 aromatic heterocycles. The molecular weight excluding hydrogens is 242 g/mol. The van der Waals surface area contributed by atoms with Crippen molar-refractivity contribution in [1.29, 1.82) is 0 Å². The average molecular weight is 263 g/mol. The average Bonchev–Trinajstić information content (AvgIpc) is 2.43. The second-order valence-electron chi connectivity index (χ2n) is 4.88. The molecule has 1 amide bonds. The first-order chi connectivity index (χ1) is 9.08. The molecule has 0 saturated carbocycles. The van der Waals surface area contributed by atoms with E-state index in [1.165, 1.54) is 0 Å². The normalized spacial score (nSPS) is 18.0. The number of morpholine rings is 1. The molecule has 2 rings (SSSR count). The van der Waals surface area contributed by atoms with Crippen LogP contribution in [0, 0.1) is 6.92 Å². The summed E-state index contributed by atoms with van der Waals surface area (Å²) in [5.41, 5.74) is 8.29. The third-order valence-corrected chi connectivity index (χ3v) is 3.52. The Hall–Kier alpha value is -1.59. The van der Waals surface area contributed by atoms with Crippen LogP contribution in [0.5, 0.6) is 0 Å². The van der Waals surface area contributed by atoms with Crippen LogP contribution in [-0.4, -0.2) is 43.2 Å². The number of anilines is 2. The van der Waals surface area contributed by atoms with E-state index >= 15 is 0 Å². The Balaban J connectivity index is 1.97. The molecular formula is C14H21N3O2. The van der Waals surface area contributed by atoms with Crippen molar-refractivity contribution in [3.8, 4) is 0 Å².